The van der Waals surface area contributed by atoms with Crippen LogP contribution in [-0.2, 0) is 0 Å². The SMILES string of the molecule is Bc1cc2c(C=O)cnn2cc1O. The first-order valence-corrected chi connectivity index (χ1v) is 3.84. The Kier molecular flexibility index (Phi) is 1.58. The average molecular weight is 174 g/mol. The minimum Gasteiger partial charge on any atom is -0.507 e. The van der Waals surface area contributed by atoms with E-state index < -0.39 is 0 Å². The smallest absolute Gasteiger partial charge is 0.153 e. The van der Waals surface area contributed by atoms with Crippen molar-refractivity contribution in [1.82, 2.24) is 9.61 Å². The van der Waals surface area contributed by atoms with Crippen molar-refractivity contribution in [2.24, 2.45) is 0 Å². The van der Waals surface area contributed by atoms with Gasteiger partial charge >= 0.3 is 0 Å². The van der Waals surface area contributed by atoms with Gasteiger partial charge in [-0.25, -0.2) is 4.52 Å². The lowest BCUT2D eigenvalue weighted by Gasteiger charge is -1.99. The highest BCUT2D eigenvalue weighted by Crippen LogP contribution is 2.10. The van der Waals surface area contributed by atoms with Crippen LogP contribution in [0.2, 0.25) is 0 Å². The summed E-state index contributed by atoms with van der Waals surface area (Å²) in [7, 11) is 1.77. The highest BCUT2D eigenvalue weighted by Gasteiger charge is 2.05. The number of hydrogen-bond acceptors (Lipinski definition) is 3. The van der Waals surface area contributed by atoms with Crippen LogP contribution in [0.1, 0.15) is 10.4 Å². The molecule has 0 aliphatic carbocycles. The third kappa shape index (κ3) is 1.09. The van der Waals surface area contributed by atoms with E-state index >= 15 is 0 Å². The van der Waals surface area contributed by atoms with Crippen LogP contribution in [0, 0.1) is 0 Å². The van der Waals surface area contributed by atoms with Crippen LogP contribution in [0.3, 0.4) is 0 Å². The molecule has 2 rings (SSSR count). The maximum absolute atomic E-state index is 10.6. The topological polar surface area (TPSA) is 54.6 Å². The summed E-state index contributed by atoms with van der Waals surface area (Å²) in [5.74, 6) is 0.174. The Hall–Kier alpha value is -1.78. The number of aromatic nitrogens is 2. The Labute approximate surface area is 75.2 Å². The minimum atomic E-state index is 0.174. The van der Waals surface area contributed by atoms with E-state index in [1.165, 1.54) is 16.9 Å². The number of nitrogens with zero attached hydrogens (tertiary/aromatic N) is 2. The summed E-state index contributed by atoms with van der Waals surface area (Å²) < 4.78 is 1.48. The van der Waals surface area contributed by atoms with Gasteiger partial charge in [0.25, 0.3) is 0 Å². The molecule has 2 heterocycles. The largest absolute Gasteiger partial charge is 0.507 e. The second kappa shape index (κ2) is 2.62. The van der Waals surface area contributed by atoms with Crippen molar-refractivity contribution < 1.29 is 9.90 Å². The molecule has 0 aliphatic rings. The third-order valence-electron chi connectivity index (χ3n) is 1.99. The van der Waals surface area contributed by atoms with E-state index in [0.717, 1.165) is 11.7 Å². The van der Waals surface area contributed by atoms with E-state index in [1.807, 2.05) is 0 Å². The summed E-state index contributed by atoms with van der Waals surface area (Å²) in [5, 5.41) is 13.3. The van der Waals surface area contributed by atoms with Crippen LogP contribution in [0.25, 0.3) is 5.52 Å². The molecule has 4 nitrogen and oxygen atoms in total. The van der Waals surface area contributed by atoms with Gasteiger partial charge in [0, 0.05) is 0 Å². The Morgan fingerprint density at radius 2 is 2.38 bits per heavy atom. The predicted octanol–water partition coefficient (Wildman–Crippen LogP) is -0.889. The van der Waals surface area contributed by atoms with Gasteiger partial charge in [-0.3, -0.25) is 4.79 Å². The lowest BCUT2D eigenvalue weighted by molar-refractivity contribution is 0.112. The molecule has 0 aromatic carbocycles. The zero-order valence-corrected chi connectivity index (χ0v) is 7.06. The number of hydrogen-bond donors (Lipinski definition) is 1. The molecule has 0 saturated carbocycles. The van der Waals surface area contributed by atoms with Crippen LogP contribution in [0.5, 0.6) is 5.75 Å². The molecule has 0 spiro atoms. The van der Waals surface area contributed by atoms with E-state index in [0.29, 0.717) is 11.1 Å². The van der Waals surface area contributed by atoms with Crippen LogP contribution >= 0.6 is 0 Å². The van der Waals surface area contributed by atoms with Gasteiger partial charge in [0.05, 0.1) is 23.5 Å². The monoisotopic (exact) mass is 174 g/mol. The van der Waals surface area contributed by atoms with Gasteiger partial charge in [0.1, 0.15) is 13.6 Å². The number of aromatic hydroxyl groups is 1. The number of aldehydes is 1. The number of rotatable bonds is 1. The molecule has 0 aliphatic heterocycles. The van der Waals surface area contributed by atoms with Crippen LogP contribution in [-0.4, -0.2) is 28.9 Å². The van der Waals surface area contributed by atoms with Gasteiger partial charge in [0.15, 0.2) is 6.29 Å². The summed E-state index contributed by atoms with van der Waals surface area (Å²) in [6, 6.07) is 1.73. The first-order valence-electron chi connectivity index (χ1n) is 3.84. The molecule has 0 saturated heterocycles. The first kappa shape index (κ1) is 7.85. The fraction of sp³-hybridized carbons (Fsp3) is 0. The Morgan fingerprint density at radius 3 is 3.08 bits per heavy atom. The quantitative estimate of drug-likeness (QED) is 0.450. The highest BCUT2D eigenvalue weighted by molar-refractivity contribution is 6.34. The van der Waals surface area contributed by atoms with Crippen molar-refractivity contribution in [3.8, 4) is 5.75 Å². The van der Waals surface area contributed by atoms with Gasteiger partial charge in [-0.1, -0.05) is 0 Å². The predicted molar refractivity (Wildman–Crippen MR) is 50.4 cm³/mol. The molecular formula is C8H7BN2O2. The second-order valence-corrected chi connectivity index (χ2v) is 2.89. The molecule has 0 atom stereocenters. The minimum absolute atomic E-state index is 0.174. The molecule has 1 N–H and O–H groups in total. The maximum atomic E-state index is 10.6. The first-order chi connectivity index (χ1) is 6.22. The molecule has 2 aromatic heterocycles. The van der Waals surface area contributed by atoms with Gasteiger partial charge < -0.3 is 5.11 Å². The van der Waals surface area contributed by atoms with Gasteiger partial charge in [-0.15, -0.1) is 0 Å². The van der Waals surface area contributed by atoms with E-state index in [1.54, 1.807) is 13.9 Å². The zero-order valence-electron chi connectivity index (χ0n) is 7.06. The van der Waals surface area contributed by atoms with Crippen molar-refractivity contribution in [2.45, 2.75) is 0 Å². The molecule has 0 radical (unpaired) electrons. The van der Waals surface area contributed by atoms with Crippen LogP contribution < -0.4 is 5.46 Å². The van der Waals surface area contributed by atoms with E-state index in [4.69, 9.17) is 0 Å². The van der Waals surface area contributed by atoms with E-state index in [9.17, 15) is 9.90 Å². The summed E-state index contributed by atoms with van der Waals surface area (Å²) in [6.45, 7) is 0. The molecule has 64 valence electrons. The zero-order chi connectivity index (χ0) is 9.42. The highest BCUT2D eigenvalue weighted by atomic mass is 16.3. The Morgan fingerprint density at radius 1 is 1.62 bits per heavy atom. The lowest BCUT2D eigenvalue weighted by atomic mass is 9.96. The molecule has 5 heteroatoms. The fourth-order valence-corrected chi connectivity index (χ4v) is 1.22. The summed E-state index contributed by atoms with van der Waals surface area (Å²) in [6.07, 6.45) is 3.71. The molecule has 0 bridgehead atoms. The maximum Gasteiger partial charge on any atom is 0.153 e. The molecule has 13 heavy (non-hydrogen) atoms. The number of carbonyl (C=O) groups excluding carboxylic acids is 1. The lowest BCUT2D eigenvalue weighted by Crippen LogP contribution is -2.05. The number of carbonyl (C=O) groups is 1. The Balaban J connectivity index is 2.84. The standard InChI is InChI=1S/C8H7BN2O2/c9-6-1-7-5(4-12)2-10-11(7)3-8(6)13/h1-4,13H,9H2. The molecule has 2 aromatic rings. The summed E-state index contributed by atoms with van der Waals surface area (Å²) >= 11 is 0. The second-order valence-electron chi connectivity index (χ2n) is 2.89. The molecule has 0 unspecified atom stereocenters. The summed E-state index contributed by atoms with van der Waals surface area (Å²) in [5.41, 5.74) is 1.98. The molecular weight excluding hydrogens is 167 g/mol. The van der Waals surface area contributed by atoms with Crippen LogP contribution in [0.4, 0.5) is 0 Å². The molecule has 0 fully saturated rings. The third-order valence-corrected chi connectivity index (χ3v) is 1.99. The van der Waals surface area contributed by atoms with E-state index in [-0.39, 0.29) is 5.75 Å². The van der Waals surface area contributed by atoms with Crippen molar-refractivity contribution >= 4 is 25.1 Å². The van der Waals surface area contributed by atoms with Crippen molar-refractivity contribution in [3.63, 3.8) is 0 Å². The van der Waals surface area contributed by atoms with Crippen molar-refractivity contribution in [3.05, 3.63) is 24.0 Å². The van der Waals surface area contributed by atoms with Gasteiger partial charge in [0.2, 0.25) is 0 Å². The van der Waals surface area contributed by atoms with Gasteiger partial charge in [-0.2, -0.15) is 5.10 Å². The van der Waals surface area contributed by atoms with Gasteiger partial charge in [-0.05, 0) is 11.5 Å². The number of pyridine rings is 1. The van der Waals surface area contributed by atoms with E-state index in [2.05, 4.69) is 5.10 Å². The van der Waals surface area contributed by atoms with Crippen LogP contribution in [0.15, 0.2) is 18.5 Å². The summed E-state index contributed by atoms with van der Waals surface area (Å²) in [4.78, 5) is 10.6. The molecule has 0 amide bonds. The fourth-order valence-electron chi connectivity index (χ4n) is 1.22. The number of fused-ring (bicyclic) bond motifs is 1. The normalized spacial score (nSPS) is 10.5. The Bertz CT molecular complexity index is 478. The van der Waals surface area contributed by atoms with Crippen molar-refractivity contribution in [1.29, 1.82) is 0 Å². The average Bonchev–Trinajstić information content (AvgIpc) is 2.48. The van der Waals surface area contributed by atoms with Crippen molar-refractivity contribution in [2.75, 3.05) is 0 Å².